The van der Waals surface area contributed by atoms with Crippen LogP contribution >= 0.6 is 11.6 Å². The number of carbonyl (C=O) groups is 2. The van der Waals surface area contributed by atoms with Gasteiger partial charge >= 0.3 is 0 Å². The Labute approximate surface area is 186 Å². The molecule has 0 saturated carbocycles. The molecule has 0 aliphatic carbocycles. The van der Waals surface area contributed by atoms with Gasteiger partial charge in [-0.3, -0.25) is 9.59 Å². The van der Waals surface area contributed by atoms with Crippen molar-refractivity contribution in [3.63, 3.8) is 0 Å². The molecule has 0 spiro atoms. The molecule has 4 nitrogen and oxygen atoms in total. The van der Waals surface area contributed by atoms with Crippen molar-refractivity contribution in [2.24, 2.45) is 5.92 Å². The summed E-state index contributed by atoms with van der Waals surface area (Å²) in [4.78, 5) is 28.7. The Hall–Kier alpha value is -2.47. The highest BCUT2D eigenvalue weighted by atomic mass is 35.5. The van der Waals surface area contributed by atoms with Gasteiger partial charge in [0.05, 0.1) is 0 Å². The number of piperidine rings is 1. The largest absolute Gasteiger partial charge is 0.342 e. The minimum atomic E-state index is -0.622. The standard InChI is InChI=1S/C24H27ClF2N2O2/c1-3-23(30)28(2)22(14-17-7-8-20(26)15-21(17)27)16-9-11-29(12-10-16)24(31)18-5-4-6-19(25)13-18/h4-8,13,15-16,22H,3,9-12,14H2,1-2H3/t22-/m1/s1. The van der Waals surface area contributed by atoms with Crippen molar-refractivity contribution in [2.45, 2.75) is 38.6 Å². The zero-order valence-corrected chi connectivity index (χ0v) is 18.5. The average molecular weight is 449 g/mol. The minimum absolute atomic E-state index is 0.0232. The van der Waals surface area contributed by atoms with Crippen molar-refractivity contribution >= 4 is 23.4 Å². The number of likely N-dealkylation sites (tertiary alicyclic amines) is 1. The number of likely N-dealkylation sites (N-methyl/N-ethyl adjacent to an activating group) is 1. The van der Waals surface area contributed by atoms with Gasteiger partial charge in [0.1, 0.15) is 11.6 Å². The predicted octanol–water partition coefficient (Wildman–Crippen LogP) is 4.95. The molecule has 1 saturated heterocycles. The van der Waals surface area contributed by atoms with Crippen LogP contribution in [0, 0.1) is 17.6 Å². The van der Waals surface area contributed by atoms with E-state index >= 15 is 0 Å². The Morgan fingerprint density at radius 1 is 1.16 bits per heavy atom. The highest BCUT2D eigenvalue weighted by molar-refractivity contribution is 6.30. The van der Waals surface area contributed by atoms with Gasteiger partial charge in [0.2, 0.25) is 5.91 Å². The van der Waals surface area contributed by atoms with Gasteiger partial charge in [0.15, 0.2) is 0 Å². The third-order valence-electron chi connectivity index (χ3n) is 6.08. The van der Waals surface area contributed by atoms with E-state index in [0.717, 1.165) is 6.07 Å². The molecule has 1 heterocycles. The molecule has 0 N–H and O–H groups in total. The number of rotatable bonds is 6. The van der Waals surface area contributed by atoms with Gasteiger partial charge in [0.25, 0.3) is 5.91 Å². The van der Waals surface area contributed by atoms with Gasteiger partial charge in [-0.25, -0.2) is 8.78 Å². The molecule has 2 aromatic rings. The van der Waals surface area contributed by atoms with Crippen LogP contribution in [0.25, 0.3) is 0 Å². The highest BCUT2D eigenvalue weighted by Crippen LogP contribution is 2.28. The van der Waals surface area contributed by atoms with Crippen LogP contribution in [0.4, 0.5) is 8.78 Å². The maximum absolute atomic E-state index is 14.3. The maximum atomic E-state index is 14.3. The summed E-state index contributed by atoms with van der Waals surface area (Å²) in [6.07, 6.45) is 2.05. The fourth-order valence-electron chi connectivity index (χ4n) is 4.26. The summed E-state index contributed by atoms with van der Waals surface area (Å²) in [5.41, 5.74) is 0.939. The molecule has 0 bridgehead atoms. The van der Waals surface area contributed by atoms with Gasteiger partial charge in [-0.15, -0.1) is 0 Å². The molecule has 3 rings (SSSR count). The molecule has 0 aromatic heterocycles. The van der Waals surface area contributed by atoms with Crippen molar-refractivity contribution in [1.82, 2.24) is 9.80 Å². The van der Waals surface area contributed by atoms with Crippen molar-refractivity contribution in [3.05, 3.63) is 70.2 Å². The molecule has 1 aliphatic rings. The summed E-state index contributed by atoms with van der Waals surface area (Å²) in [5.74, 6) is -1.21. The van der Waals surface area contributed by atoms with E-state index in [0.29, 0.717) is 54.9 Å². The Morgan fingerprint density at radius 3 is 2.48 bits per heavy atom. The first-order valence-electron chi connectivity index (χ1n) is 10.5. The van der Waals surface area contributed by atoms with Crippen LogP contribution in [0.2, 0.25) is 5.02 Å². The molecule has 1 aliphatic heterocycles. The van der Waals surface area contributed by atoms with E-state index in [1.807, 2.05) is 0 Å². The van der Waals surface area contributed by atoms with E-state index in [2.05, 4.69) is 0 Å². The lowest BCUT2D eigenvalue weighted by Gasteiger charge is -2.40. The third-order valence-corrected chi connectivity index (χ3v) is 6.32. The zero-order valence-electron chi connectivity index (χ0n) is 17.8. The molecular formula is C24H27ClF2N2O2. The summed E-state index contributed by atoms with van der Waals surface area (Å²) >= 11 is 6.01. The maximum Gasteiger partial charge on any atom is 0.253 e. The monoisotopic (exact) mass is 448 g/mol. The third kappa shape index (κ3) is 5.62. The topological polar surface area (TPSA) is 40.6 Å². The first-order valence-corrected chi connectivity index (χ1v) is 10.9. The van der Waals surface area contributed by atoms with Crippen LogP contribution in [0.15, 0.2) is 42.5 Å². The second-order valence-corrected chi connectivity index (χ2v) is 8.44. The van der Waals surface area contributed by atoms with Crippen molar-refractivity contribution in [3.8, 4) is 0 Å². The van der Waals surface area contributed by atoms with Crippen LogP contribution in [0.3, 0.4) is 0 Å². The molecule has 166 valence electrons. The number of halogens is 3. The highest BCUT2D eigenvalue weighted by Gasteiger charge is 2.33. The number of hydrogen-bond donors (Lipinski definition) is 0. The molecular weight excluding hydrogens is 422 g/mol. The quantitative estimate of drug-likeness (QED) is 0.627. The second kappa shape index (κ2) is 10.2. The number of amides is 2. The molecule has 31 heavy (non-hydrogen) atoms. The number of carbonyl (C=O) groups excluding carboxylic acids is 2. The van der Waals surface area contributed by atoms with E-state index in [1.54, 1.807) is 48.0 Å². The Bertz CT molecular complexity index is 945. The lowest BCUT2D eigenvalue weighted by molar-refractivity contribution is -0.133. The summed E-state index contributed by atoms with van der Waals surface area (Å²) in [7, 11) is 1.74. The first-order chi connectivity index (χ1) is 14.8. The van der Waals surface area contributed by atoms with E-state index in [4.69, 9.17) is 11.6 Å². The van der Waals surface area contributed by atoms with Crippen molar-refractivity contribution in [1.29, 1.82) is 0 Å². The van der Waals surface area contributed by atoms with Crippen LogP contribution in [-0.2, 0) is 11.2 Å². The van der Waals surface area contributed by atoms with Gasteiger partial charge in [-0.1, -0.05) is 30.7 Å². The fourth-order valence-corrected chi connectivity index (χ4v) is 4.45. The van der Waals surface area contributed by atoms with Crippen molar-refractivity contribution in [2.75, 3.05) is 20.1 Å². The van der Waals surface area contributed by atoms with Crippen LogP contribution < -0.4 is 0 Å². The smallest absolute Gasteiger partial charge is 0.253 e. The molecule has 1 atom stereocenters. The molecule has 2 amide bonds. The van der Waals surface area contributed by atoms with E-state index < -0.39 is 11.6 Å². The summed E-state index contributed by atoms with van der Waals surface area (Å²) in [6.45, 7) is 2.89. The second-order valence-electron chi connectivity index (χ2n) is 8.01. The Kier molecular flexibility index (Phi) is 7.65. The first kappa shape index (κ1) is 23.2. The van der Waals surface area contributed by atoms with Gasteiger partial charge in [-0.2, -0.15) is 0 Å². The normalized spacial score (nSPS) is 15.6. The summed E-state index contributed by atoms with van der Waals surface area (Å²) in [6, 6.07) is 10.2. The van der Waals surface area contributed by atoms with E-state index in [1.165, 1.54) is 12.1 Å². The average Bonchev–Trinajstić information content (AvgIpc) is 2.77. The van der Waals surface area contributed by atoms with Gasteiger partial charge in [-0.05, 0) is 55.0 Å². The van der Waals surface area contributed by atoms with E-state index in [9.17, 15) is 18.4 Å². The van der Waals surface area contributed by atoms with Gasteiger partial charge < -0.3 is 9.80 Å². The Morgan fingerprint density at radius 2 is 1.87 bits per heavy atom. The van der Waals surface area contributed by atoms with Crippen LogP contribution in [0.1, 0.15) is 42.1 Å². The minimum Gasteiger partial charge on any atom is -0.342 e. The molecule has 0 radical (unpaired) electrons. The number of nitrogens with zero attached hydrogens (tertiary/aromatic N) is 2. The Balaban J connectivity index is 1.73. The van der Waals surface area contributed by atoms with E-state index in [-0.39, 0.29) is 23.8 Å². The molecule has 2 aromatic carbocycles. The lowest BCUT2D eigenvalue weighted by atomic mass is 9.84. The SMILES string of the molecule is CCC(=O)N(C)[C@H](Cc1ccc(F)cc1F)C1CCN(C(=O)c2cccc(Cl)c2)CC1. The fraction of sp³-hybridized carbons (Fsp3) is 0.417. The summed E-state index contributed by atoms with van der Waals surface area (Å²) < 4.78 is 27.6. The molecule has 7 heteroatoms. The zero-order chi connectivity index (χ0) is 22.5. The van der Waals surface area contributed by atoms with Gasteiger partial charge in [0, 0.05) is 49.3 Å². The lowest BCUT2D eigenvalue weighted by Crippen LogP contribution is -2.48. The number of hydrogen-bond acceptors (Lipinski definition) is 2. The molecule has 0 unspecified atom stereocenters. The molecule has 1 fully saturated rings. The number of benzene rings is 2. The van der Waals surface area contributed by atoms with Crippen LogP contribution in [-0.4, -0.2) is 47.8 Å². The predicted molar refractivity (Wildman–Crippen MR) is 117 cm³/mol. The summed E-state index contributed by atoms with van der Waals surface area (Å²) in [5, 5.41) is 0.516. The van der Waals surface area contributed by atoms with Crippen molar-refractivity contribution < 1.29 is 18.4 Å². The van der Waals surface area contributed by atoms with Crippen LogP contribution in [0.5, 0.6) is 0 Å².